The molecule has 0 atom stereocenters. The van der Waals surface area contributed by atoms with Gasteiger partial charge in [0.25, 0.3) is 0 Å². The van der Waals surface area contributed by atoms with Gasteiger partial charge in [-0.1, -0.05) is 6.07 Å². The van der Waals surface area contributed by atoms with Gasteiger partial charge < -0.3 is 5.73 Å². The molecule has 1 aromatic heterocycles. The minimum absolute atomic E-state index is 0.283. The highest BCUT2D eigenvalue weighted by Crippen LogP contribution is 2.41. The standard InChI is InChI=1S/C17H21N3/c1-10-7-12(3)14(8-11(10)2)15-9-13(4)19-16(20-15)17(18)5-6-17/h7-9H,5-6,18H2,1-4H3. The molecule has 2 N–H and O–H groups in total. The SMILES string of the molecule is Cc1cc(-c2cc(C)c(C)cc2C)nc(C2(N)CC2)n1. The molecule has 1 saturated carbocycles. The van der Waals surface area contributed by atoms with Gasteiger partial charge in [0.1, 0.15) is 5.82 Å². The molecule has 2 aromatic rings. The molecular weight excluding hydrogens is 246 g/mol. The zero-order valence-electron chi connectivity index (χ0n) is 12.6. The molecule has 0 amide bonds. The van der Waals surface area contributed by atoms with E-state index in [-0.39, 0.29) is 5.54 Å². The van der Waals surface area contributed by atoms with Crippen LogP contribution in [0.3, 0.4) is 0 Å². The topological polar surface area (TPSA) is 51.8 Å². The Labute approximate surface area is 120 Å². The highest BCUT2D eigenvalue weighted by Gasteiger charge is 2.43. The summed E-state index contributed by atoms with van der Waals surface area (Å²) in [6.07, 6.45) is 1.98. The average Bonchev–Trinajstić information content (AvgIpc) is 3.12. The monoisotopic (exact) mass is 267 g/mol. The zero-order chi connectivity index (χ0) is 14.5. The fraction of sp³-hybridized carbons (Fsp3) is 0.412. The molecule has 0 aliphatic heterocycles. The normalized spacial score (nSPS) is 16.2. The van der Waals surface area contributed by atoms with E-state index in [0.29, 0.717) is 0 Å². The number of hydrogen-bond acceptors (Lipinski definition) is 3. The Balaban J connectivity index is 2.15. The Morgan fingerprint density at radius 3 is 2.20 bits per heavy atom. The van der Waals surface area contributed by atoms with Crippen LogP contribution in [-0.4, -0.2) is 9.97 Å². The van der Waals surface area contributed by atoms with Crippen molar-refractivity contribution in [2.75, 3.05) is 0 Å². The molecule has 0 radical (unpaired) electrons. The largest absolute Gasteiger partial charge is 0.319 e. The van der Waals surface area contributed by atoms with Crippen molar-refractivity contribution in [2.24, 2.45) is 5.73 Å². The summed E-state index contributed by atoms with van der Waals surface area (Å²) in [5.74, 6) is 0.796. The van der Waals surface area contributed by atoms with Gasteiger partial charge in [-0.2, -0.15) is 0 Å². The van der Waals surface area contributed by atoms with Gasteiger partial charge in [-0.05, 0) is 69.4 Å². The van der Waals surface area contributed by atoms with Crippen molar-refractivity contribution in [1.29, 1.82) is 0 Å². The van der Waals surface area contributed by atoms with E-state index in [2.05, 4.69) is 37.9 Å². The Kier molecular flexibility index (Phi) is 2.91. The quantitative estimate of drug-likeness (QED) is 0.908. The number of benzene rings is 1. The van der Waals surface area contributed by atoms with E-state index < -0.39 is 0 Å². The Bertz CT molecular complexity index is 685. The van der Waals surface area contributed by atoms with E-state index in [4.69, 9.17) is 10.7 Å². The summed E-state index contributed by atoms with van der Waals surface area (Å²) in [4.78, 5) is 9.26. The smallest absolute Gasteiger partial charge is 0.149 e. The van der Waals surface area contributed by atoms with Crippen LogP contribution in [0.1, 0.15) is 41.1 Å². The first-order valence-corrected chi connectivity index (χ1v) is 7.12. The number of aromatic nitrogens is 2. The Morgan fingerprint density at radius 1 is 0.900 bits per heavy atom. The van der Waals surface area contributed by atoms with E-state index in [1.807, 2.05) is 13.0 Å². The molecule has 1 heterocycles. The zero-order valence-corrected chi connectivity index (χ0v) is 12.6. The molecule has 104 valence electrons. The number of nitrogens with two attached hydrogens (primary N) is 1. The lowest BCUT2D eigenvalue weighted by molar-refractivity contribution is 0.669. The minimum Gasteiger partial charge on any atom is -0.319 e. The summed E-state index contributed by atoms with van der Waals surface area (Å²) >= 11 is 0. The predicted molar refractivity (Wildman–Crippen MR) is 81.5 cm³/mol. The first-order chi connectivity index (χ1) is 9.39. The van der Waals surface area contributed by atoms with Gasteiger partial charge in [0.2, 0.25) is 0 Å². The van der Waals surface area contributed by atoms with E-state index in [0.717, 1.165) is 30.1 Å². The van der Waals surface area contributed by atoms with Crippen LogP contribution >= 0.6 is 0 Å². The minimum atomic E-state index is -0.283. The van der Waals surface area contributed by atoms with Crippen LogP contribution in [0.4, 0.5) is 0 Å². The molecule has 1 aliphatic rings. The fourth-order valence-electron chi connectivity index (χ4n) is 2.52. The third kappa shape index (κ3) is 2.22. The molecule has 3 nitrogen and oxygen atoms in total. The fourth-order valence-corrected chi connectivity index (χ4v) is 2.52. The van der Waals surface area contributed by atoms with Crippen LogP contribution < -0.4 is 5.73 Å². The molecule has 1 aromatic carbocycles. The lowest BCUT2D eigenvalue weighted by Gasteiger charge is -2.13. The molecule has 0 saturated heterocycles. The molecule has 0 spiro atoms. The van der Waals surface area contributed by atoms with Crippen LogP contribution in [0, 0.1) is 27.7 Å². The molecular formula is C17H21N3. The molecule has 1 fully saturated rings. The molecule has 3 heteroatoms. The van der Waals surface area contributed by atoms with Crippen LogP contribution in [0.5, 0.6) is 0 Å². The summed E-state index contributed by atoms with van der Waals surface area (Å²) in [5, 5.41) is 0. The van der Waals surface area contributed by atoms with Gasteiger partial charge in [-0.3, -0.25) is 0 Å². The summed E-state index contributed by atoms with van der Waals surface area (Å²) in [6.45, 7) is 8.42. The second-order valence-electron chi connectivity index (χ2n) is 6.13. The third-order valence-corrected chi connectivity index (χ3v) is 4.20. The maximum atomic E-state index is 6.25. The van der Waals surface area contributed by atoms with Gasteiger partial charge in [0, 0.05) is 11.3 Å². The first-order valence-electron chi connectivity index (χ1n) is 7.12. The molecule has 1 aliphatic carbocycles. The van der Waals surface area contributed by atoms with Gasteiger partial charge in [0.15, 0.2) is 0 Å². The van der Waals surface area contributed by atoms with Crippen LogP contribution in [-0.2, 0) is 5.54 Å². The summed E-state index contributed by atoms with van der Waals surface area (Å²) in [6, 6.07) is 6.48. The van der Waals surface area contributed by atoms with E-state index in [9.17, 15) is 0 Å². The first kappa shape index (κ1) is 13.3. The highest BCUT2D eigenvalue weighted by molar-refractivity contribution is 5.65. The number of aryl methyl sites for hydroxylation is 4. The van der Waals surface area contributed by atoms with Gasteiger partial charge in [-0.25, -0.2) is 9.97 Å². The van der Waals surface area contributed by atoms with Crippen LogP contribution in [0.2, 0.25) is 0 Å². The van der Waals surface area contributed by atoms with Crippen molar-refractivity contribution in [2.45, 2.75) is 46.1 Å². The summed E-state index contributed by atoms with van der Waals surface area (Å²) in [5.41, 5.74) is 13.0. The van der Waals surface area contributed by atoms with Crippen molar-refractivity contribution in [3.8, 4) is 11.3 Å². The van der Waals surface area contributed by atoms with Crippen molar-refractivity contribution in [3.63, 3.8) is 0 Å². The lowest BCUT2D eigenvalue weighted by atomic mass is 9.98. The molecule has 3 rings (SSSR count). The second-order valence-corrected chi connectivity index (χ2v) is 6.13. The van der Waals surface area contributed by atoms with E-state index >= 15 is 0 Å². The van der Waals surface area contributed by atoms with Crippen LogP contribution in [0.25, 0.3) is 11.3 Å². The van der Waals surface area contributed by atoms with E-state index in [1.54, 1.807) is 0 Å². The van der Waals surface area contributed by atoms with Gasteiger partial charge in [-0.15, -0.1) is 0 Å². The number of hydrogen-bond donors (Lipinski definition) is 1. The van der Waals surface area contributed by atoms with Crippen molar-refractivity contribution in [3.05, 3.63) is 46.4 Å². The molecule has 0 bridgehead atoms. The lowest BCUT2D eigenvalue weighted by Crippen LogP contribution is -2.22. The maximum absolute atomic E-state index is 6.25. The maximum Gasteiger partial charge on any atom is 0.149 e. The molecule has 0 unspecified atom stereocenters. The van der Waals surface area contributed by atoms with Gasteiger partial charge >= 0.3 is 0 Å². The van der Waals surface area contributed by atoms with E-state index in [1.165, 1.54) is 22.3 Å². The summed E-state index contributed by atoms with van der Waals surface area (Å²) < 4.78 is 0. The van der Waals surface area contributed by atoms with Crippen molar-refractivity contribution >= 4 is 0 Å². The predicted octanol–water partition coefficient (Wildman–Crippen LogP) is 3.33. The van der Waals surface area contributed by atoms with Crippen LogP contribution in [0.15, 0.2) is 18.2 Å². The summed E-state index contributed by atoms with van der Waals surface area (Å²) in [7, 11) is 0. The third-order valence-electron chi connectivity index (χ3n) is 4.20. The number of nitrogens with zero attached hydrogens (tertiary/aromatic N) is 2. The Morgan fingerprint density at radius 2 is 1.55 bits per heavy atom. The van der Waals surface area contributed by atoms with Crippen molar-refractivity contribution in [1.82, 2.24) is 9.97 Å². The average molecular weight is 267 g/mol. The van der Waals surface area contributed by atoms with Gasteiger partial charge in [0.05, 0.1) is 11.2 Å². The second kappa shape index (κ2) is 4.38. The highest BCUT2D eigenvalue weighted by atomic mass is 15.0. The number of rotatable bonds is 2. The molecule has 20 heavy (non-hydrogen) atoms. The van der Waals surface area contributed by atoms with Crippen molar-refractivity contribution < 1.29 is 0 Å². The Hall–Kier alpha value is -1.74.